The molecule has 0 radical (unpaired) electrons. The van der Waals surface area contributed by atoms with Gasteiger partial charge in [-0.2, -0.15) is 8.78 Å². The van der Waals surface area contributed by atoms with Crippen LogP contribution in [0.2, 0.25) is 0 Å². The number of ether oxygens (including phenoxy) is 8. The van der Waals surface area contributed by atoms with E-state index in [1.807, 2.05) is 0 Å². The number of nitrogens with one attached hydrogen (secondary N) is 1. The van der Waals surface area contributed by atoms with Gasteiger partial charge < -0.3 is 58.5 Å². The van der Waals surface area contributed by atoms with Crippen molar-refractivity contribution >= 4 is 11.9 Å². The van der Waals surface area contributed by atoms with Crippen molar-refractivity contribution in [2.45, 2.75) is 57.3 Å². The van der Waals surface area contributed by atoms with Crippen molar-refractivity contribution < 1.29 is 84.8 Å². The van der Waals surface area contributed by atoms with E-state index in [1.165, 1.54) is 0 Å². The van der Waals surface area contributed by atoms with Crippen molar-refractivity contribution in [1.29, 1.82) is 0 Å². The van der Waals surface area contributed by atoms with Crippen LogP contribution in [0.15, 0.2) is 6.20 Å². The van der Waals surface area contributed by atoms with E-state index in [2.05, 4.69) is 20.4 Å². The first kappa shape index (κ1) is 45.9. The molecule has 17 nitrogen and oxygen atoms in total. The highest BCUT2D eigenvalue weighted by molar-refractivity contribution is 5.75. The first-order valence-electron chi connectivity index (χ1n) is 17.4. The number of halogens is 5. The lowest BCUT2D eigenvalue weighted by molar-refractivity contribution is -0.268. The van der Waals surface area contributed by atoms with E-state index in [0.29, 0.717) is 51.7 Å². The van der Waals surface area contributed by atoms with Crippen LogP contribution in [-0.2, 0) is 55.7 Å². The summed E-state index contributed by atoms with van der Waals surface area (Å²) in [5.41, 5.74) is 0.699. The van der Waals surface area contributed by atoms with E-state index >= 15 is 0 Å². The fraction of sp³-hybridized carbons (Fsp3) is 0.697. The van der Waals surface area contributed by atoms with Gasteiger partial charge in [-0.05, 0) is 0 Å². The predicted molar refractivity (Wildman–Crippen MR) is 175 cm³/mol. The molecule has 312 valence electrons. The molecule has 1 aromatic carbocycles. The van der Waals surface area contributed by atoms with Crippen LogP contribution < -0.4 is 10.1 Å². The van der Waals surface area contributed by atoms with Crippen LogP contribution >= 0.6 is 0 Å². The Labute approximate surface area is 312 Å². The van der Waals surface area contributed by atoms with Crippen LogP contribution in [0.4, 0.5) is 22.0 Å². The number of carbonyl (C=O) groups excluding carboxylic acids is 2. The van der Waals surface area contributed by atoms with Crippen molar-refractivity contribution in [1.82, 2.24) is 20.3 Å². The normalized spacial score (nSPS) is 19.8. The molecule has 0 saturated carbocycles. The second-order valence-corrected chi connectivity index (χ2v) is 12.0. The van der Waals surface area contributed by atoms with E-state index in [4.69, 9.17) is 33.2 Å². The highest BCUT2D eigenvalue weighted by Crippen LogP contribution is 2.29. The summed E-state index contributed by atoms with van der Waals surface area (Å²) in [6.07, 6.45) is -2.51. The monoisotopic (exact) mass is 802 g/mol. The maximum absolute atomic E-state index is 13.6. The van der Waals surface area contributed by atoms with Crippen LogP contribution in [0.3, 0.4) is 0 Å². The lowest BCUT2D eigenvalue weighted by Crippen LogP contribution is -2.54. The molecule has 1 fully saturated rings. The Hall–Kier alpha value is -3.45. The number of rotatable bonds is 27. The number of nitrogens with zero attached hydrogens (tertiary/aromatic N) is 3. The standard InChI is InChI=1S/C33H47F5N4O13/c1-20-30(45)31(46)22(54-33(20)47)19-53-7-2-21-18-42(41-40-21)6-11-51-15-17-52-16-14-50-10-5-39-23(43)3-8-48-12-13-49-9-4-24(44)55-32-28(37)26(35)25(34)27(36)29(32)38/h18,20,22,30-31,33,45-47H,2-17,19H2,1H3,(H,39,43)/t20-,22-,30-,31+,33-/m1/s1. The molecule has 1 aliphatic heterocycles. The van der Waals surface area contributed by atoms with Gasteiger partial charge in [-0.15, -0.1) is 5.10 Å². The fourth-order valence-electron chi connectivity index (χ4n) is 4.69. The second kappa shape index (κ2) is 24.9. The number of carbonyl (C=O) groups is 2. The average molecular weight is 803 g/mol. The van der Waals surface area contributed by atoms with Gasteiger partial charge in [-0.3, -0.25) is 9.59 Å². The summed E-state index contributed by atoms with van der Waals surface area (Å²) in [5.74, 6) is -15.2. The van der Waals surface area contributed by atoms with E-state index in [-0.39, 0.29) is 65.1 Å². The third kappa shape index (κ3) is 15.9. The number of hydrogen-bond donors (Lipinski definition) is 4. The van der Waals surface area contributed by atoms with E-state index < -0.39 is 77.7 Å². The fourth-order valence-corrected chi connectivity index (χ4v) is 4.69. The number of aliphatic hydroxyl groups excluding tert-OH is 3. The van der Waals surface area contributed by atoms with Gasteiger partial charge in [0.15, 0.2) is 6.29 Å². The van der Waals surface area contributed by atoms with Gasteiger partial charge >= 0.3 is 5.97 Å². The molecule has 5 atom stereocenters. The van der Waals surface area contributed by atoms with Crippen LogP contribution in [0, 0.1) is 35.0 Å². The topological polar surface area (TPSA) is 211 Å². The highest BCUT2D eigenvalue weighted by atomic mass is 19.2. The van der Waals surface area contributed by atoms with E-state index in [0.717, 1.165) is 0 Å². The van der Waals surface area contributed by atoms with Crippen LogP contribution in [0.25, 0.3) is 0 Å². The number of aromatic nitrogens is 3. The number of aliphatic hydroxyl groups is 3. The summed E-state index contributed by atoms with van der Waals surface area (Å²) in [6.45, 7) is 4.50. The van der Waals surface area contributed by atoms with Gasteiger partial charge in [0.1, 0.15) is 12.2 Å². The Bertz CT molecular complexity index is 1430. The van der Waals surface area contributed by atoms with Crippen molar-refractivity contribution in [2.75, 3.05) is 85.8 Å². The molecule has 0 aliphatic carbocycles. The molecule has 1 amide bonds. The first-order valence-corrected chi connectivity index (χ1v) is 17.4. The minimum atomic E-state index is -2.37. The Morgan fingerprint density at radius 2 is 1.31 bits per heavy atom. The Kier molecular flexibility index (Phi) is 20.8. The van der Waals surface area contributed by atoms with Crippen molar-refractivity contribution in [3.05, 3.63) is 41.0 Å². The Morgan fingerprint density at radius 1 is 0.745 bits per heavy atom. The van der Waals surface area contributed by atoms with Gasteiger partial charge in [-0.1, -0.05) is 12.1 Å². The van der Waals surface area contributed by atoms with Crippen LogP contribution in [-0.4, -0.2) is 153 Å². The maximum atomic E-state index is 13.6. The minimum Gasteiger partial charge on any atom is -0.420 e. The number of esters is 1. The van der Waals surface area contributed by atoms with Crippen LogP contribution in [0.1, 0.15) is 25.5 Å². The van der Waals surface area contributed by atoms with Crippen molar-refractivity contribution in [3.8, 4) is 5.75 Å². The summed E-state index contributed by atoms with van der Waals surface area (Å²) in [7, 11) is 0. The molecule has 1 aliphatic rings. The zero-order valence-electron chi connectivity index (χ0n) is 30.1. The van der Waals surface area contributed by atoms with E-state index in [9.17, 15) is 46.9 Å². The molecule has 0 unspecified atom stereocenters. The molecule has 3 rings (SSSR count). The molecule has 22 heteroatoms. The summed E-state index contributed by atoms with van der Waals surface area (Å²) in [6, 6.07) is 0. The maximum Gasteiger partial charge on any atom is 0.313 e. The number of benzene rings is 1. The van der Waals surface area contributed by atoms with Gasteiger partial charge in [-0.25, -0.2) is 17.9 Å². The quantitative estimate of drug-likeness (QED) is 0.0237. The number of amides is 1. The molecular formula is C33H47F5N4O13. The third-order valence-corrected chi connectivity index (χ3v) is 7.86. The number of hydrogen-bond acceptors (Lipinski definition) is 15. The molecule has 4 N–H and O–H groups in total. The molecule has 0 bridgehead atoms. The summed E-state index contributed by atoms with van der Waals surface area (Å²) in [5, 5.41) is 40.7. The highest BCUT2D eigenvalue weighted by Gasteiger charge is 2.41. The van der Waals surface area contributed by atoms with E-state index in [1.54, 1.807) is 17.8 Å². The largest absolute Gasteiger partial charge is 0.420 e. The predicted octanol–water partition coefficient (Wildman–Crippen LogP) is 0.193. The summed E-state index contributed by atoms with van der Waals surface area (Å²) in [4.78, 5) is 23.5. The molecule has 2 aromatic rings. The average Bonchev–Trinajstić information content (AvgIpc) is 3.63. The minimum absolute atomic E-state index is 0.00503. The second-order valence-electron chi connectivity index (χ2n) is 12.0. The third-order valence-electron chi connectivity index (χ3n) is 7.86. The Morgan fingerprint density at radius 3 is 1.96 bits per heavy atom. The summed E-state index contributed by atoms with van der Waals surface area (Å²) >= 11 is 0. The lowest BCUT2D eigenvalue weighted by atomic mass is 9.93. The van der Waals surface area contributed by atoms with Crippen molar-refractivity contribution in [3.63, 3.8) is 0 Å². The zero-order chi connectivity index (χ0) is 40.2. The van der Waals surface area contributed by atoms with Gasteiger partial charge in [0.05, 0.1) is 104 Å². The smallest absolute Gasteiger partial charge is 0.313 e. The zero-order valence-corrected chi connectivity index (χ0v) is 30.1. The molecule has 1 saturated heterocycles. The Balaban J connectivity index is 1.05. The molecule has 0 spiro atoms. The molecule has 1 aromatic heterocycles. The first-order chi connectivity index (χ1) is 26.4. The van der Waals surface area contributed by atoms with Crippen LogP contribution in [0.5, 0.6) is 5.75 Å². The van der Waals surface area contributed by atoms with Gasteiger partial charge in [0, 0.05) is 31.5 Å². The molecule has 2 heterocycles. The summed E-state index contributed by atoms with van der Waals surface area (Å²) < 4.78 is 110. The SMILES string of the molecule is C[C@@H]1[C@@H](O)[C@@H](O)[C@@H](COCCc2cn(CCOCCOCCOCCNC(=O)CCOCCOCCC(=O)Oc3c(F)c(F)c(F)c(F)c3F)nn2)O[C@H]1O. The molecule has 55 heavy (non-hydrogen) atoms. The molecular weight excluding hydrogens is 755 g/mol. The lowest BCUT2D eigenvalue weighted by Gasteiger charge is -2.39. The van der Waals surface area contributed by atoms with Gasteiger partial charge in [0.25, 0.3) is 0 Å². The van der Waals surface area contributed by atoms with Crippen molar-refractivity contribution in [2.24, 2.45) is 5.92 Å². The van der Waals surface area contributed by atoms with Gasteiger partial charge in [0.2, 0.25) is 40.7 Å².